The van der Waals surface area contributed by atoms with Crippen molar-refractivity contribution in [1.82, 2.24) is 19.7 Å². The first-order chi connectivity index (χ1) is 11.1. The normalized spacial score (nSPS) is 22.4. The number of carbonyl (C=O) groups is 1. The maximum Gasteiger partial charge on any atom is 0.252 e. The number of carbonyl (C=O) groups excluding carboxylic acids is 1. The van der Waals surface area contributed by atoms with Gasteiger partial charge in [-0.05, 0) is 25.7 Å². The molecule has 1 aromatic heterocycles. The van der Waals surface area contributed by atoms with E-state index >= 15 is 0 Å². The highest BCUT2D eigenvalue weighted by Crippen LogP contribution is 2.19. The van der Waals surface area contributed by atoms with Gasteiger partial charge in [0.1, 0.15) is 11.9 Å². The maximum atomic E-state index is 12.9. The second kappa shape index (κ2) is 6.97. The van der Waals surface area contributed by atoms with E-state index in [9.17, 15) is 4.79 Å². The molecule has 0 N–H and O–H groups in total. The third kappa shape index (κ3) is 3.55. The van der Waals surface area contributed by atoms with Crippen molar-refractivity contribution >= 4 is 5.91 Å². The van der Waals surface area contributed by atoms with Crippen molar-refractivity contribution in [2.45, 2.75) is 58.9 Å². The molecule has 3 rings (SSSR count). The molecule has 7 heteroatoms. The molecule has 23 heavy (non-hydrogen) atoms. The van der Waals surface area contributed by atoms with Crippen molar-refractivity contribution in [2.75, 3.05) is 19.8 Å². The Balaban J connectivity index is 1.61. The van der Waals surface area contributed by atoms with E-state index in [0.717, 1.165) is 37.6 Å². The molecule has 0 bridgehead atoms. The predicted molar refractivity (Wildman–Crippen MR) is 83.7 cm³/mol. The number of ether oxygens (including phenoxy) is 2. The lowest BCUT2D eigenvalue weighted by Crippen LogP contribution is -2.47. The fourth-order valence-electron chi connectivity index (χ4n) is 3.21. The summed E-state index contributed by atoms with van der Waals surface area (Å²) in [6.45, 7) is 9.21. The Bertz CT molecular complexity index is 552. The average Bonchev–Trinajstić information content (AvgIpc) is 3.17. The zero-order chi connectivity index (χ0) is 16.4. The van der Waals surface area contributed by atoms with Crippen LogP contribution in [0.3, 0.4) is 0 Å². The molecule has 0 radical (unpaired) electrons. The number of hydrogen-bond acceptors (Lipinski definition) is 5. The van der Waals surface area contributed by atoms with E-state index in [2.05, 4.69) is 14.8 Å². The van der Waals surface area contributed by atoms with Crippen LogP contribution in [0.25, 0.3) is 0 Å². The topological polar surface area (TPSA) is 69.5 Å². The number of nitrogens with zero attached hydrogens (tertiary/aromatic N) is 4. The van der Waals surface area contributed by atoms with Crippen molar-refractivity contribution < 1.29 is 14.3 Å². The lowest BCUT2D eigenvalue weighted by atomic mass is 10.1. The maximum absolute atomic E-state index is 12.9. The van der Waals surface area contributed by atoms with Gasteiger partial charge in [-0.15, -0.1) is 10.2 Å². The largest absolute Gasteiger partial charge is 0.376 e. The van der Waals surface area contributed by atoms with Crippen LogP contribution in [0.15, 0.2) is 0 Å². The molecule has 0 aliphatic carbocycles. The number of amides is 1. The van der Waals surface area contributed by atoms with E-state index < -0.39 is 6.10 Å². The van der Waals surface area contributed by atoms with Crippen molar-refractivity contribution in [2.24, 2.45) is 5.92 Å². The van der Waals surface area contributed by atoms with Gasteiger partial charge in [-0.2, -0.15) is 0 Å². The van der Waals surface area contributed by atoms with E-state index in [1.165, 1.54) is 0 Å². The lowest BCUT2D eigenvalue weighted by molar-refractivity contribution is -0.150. The van der Waals surface area contributed by atoms with Gasteiger partial charge in [0, 0.05) is 19.7 Å². The van der Waals surface area contributed by atoms with Gasteiger partial charge in [0.15, 0.2) is 5.82 Å². The first-order valence-electron chi connectivity index (χ1n) is 8.47. The standard InChI is InChI=1S/C16H26N4O3/c1-11(2)15(23-10-13-5-4-8-22-13)16(21)19-6-7-20-12(3)17-18-14(20)9-19/h11,13,15H,4-10H2,1-3H3/t13-,15-/m0/s1. The van der Waals surface area contributed by atoms with Crippen molar-refractivity contribution in [3.05, 3.63) is 11.6 Å². The summed E-state index contributed by atoms with van der Waals surface area (Å²) in [4.78, 5) is 14.7. The van der Waals surface area contributed by atoms with Crippen molar-refractivity contribution in [3.63, 3.8) is 0 Å². The Morgan fingerprint density at radius 1 is 1.39 bits per heavy atom. The molecule has 0 unspecified atom stereocenters. The monoisotopic (exact) mass is 322 g/mol. The lowest BCUT2D eigenvalue weighted by Gasteiger charge is -2.32. The Morgan fingerprint density at radius 3 is 2.91 bits per heavy atom. The fraction of sp³-hybridized carbons (Fsp3) is 0.812. The van der Waals surface area contributed by atoms with Crippen LogP contribution in [0, 0.1) is 12.8 Å². The third-order valence-corrected chi connectivity index (χ3v) is 4.58. The minimum absolute atomic E-state index is 0.0462. The van der Waals surface area contributed by atoms with Gasteiger partial charge in [0.05, 0.1) is 19.3 Å². The molecule has 1 saturated heterocycles. The fourth-order valence-corrected chi connectivity index (χ4v) is 3.21. The highest BCUT2D eigenvalue weighted by atomic mass is 16.5. The van der Waals surface area contributed by atoms with Crippen molar-refractivity contribution in [1.29, 1.82) is 0 Å². The predicted octanol–water partition coefficient (Wildman–Crippen LogP) is 1.15. The van der Waals surface area contributed by atoms with E-state index in [1.54, 1.807) is 0 Å². The smallest absolute Gasteiger partial charge is 0.252 e. The number of rotatable bonds is 5. The molecule has 1 fully saturated rings. The first kappa shape index (κ1) is 16.4. The van der Waals surface area contributed by atoms with Gasteiger partial charge < -0.3 is 18.9 Å². The van der Waals surface area contributed by atoms with Gasteiger partial charge in [0.25, 0.3) is 5.91 Å². The summed E-state index contributed by atoms with van der Waals surface area (Å²) >= 11 is 0. The molecule has 1 amide bonds. The van der Waals surface area contributed by atoms with E-state index in [0.29, 0.717) is 19.7 Å². The van der Waals surface area contributed by atoms with E-state index in [-0.39, 0.29) is 17.9 Å². The second-order valence-corrected chi connectivity index (χ2v) is 6.71. The van der Waals surface area contributed by atoms with Crippen LogP contribution in [0.4, 0.5) is 0 Å². The molecule has 3 heterocycles. The molecule has 0 spiro atoms. The molecule has 0 saturated carbocycles. The number of aromatic nitrogens is 3. The zero-order valence-electron chi connectivity index (χ0n) is 14.2. The van der Waals surface area contributed by atoms with Crippen LogP contribution in [0.5, 0.6) is 0 Å². The van der Waals surface area contributed by atoms with Gasteiger partial charge in [-0.1, -0.05) is 13.8 Å². The Hall–Kier alpha value is -1.47. The van der Waals surface area contributed by atoms with Gasteiger partial charge in [-0.25, -0.2) is 0 Å². The molecular weight excluding hydrogens is 296 g/mol. The summed E-state index contributed by atoms with van der Waals surface area (Å²) in [6.07, 6.45) is 1.81. The van der Waals surface area contributed by atoms with Crippen LogP contribution in [0.1, 0.15) is 38.3 Å². The first-order valence-corrected chi connectivity index (χ1v) is 8.47. The number of fused-ring (bicyclic) bond motifs is 1. The highest BCUT2D eigenvalue weighted by molar-refractivity contribution is 5.81. The van der Waals surface area contributed by atoms with Crippen molar-refractivity contribution in [3.8, 4) is 0 Å². The Kier molecular flexibility index (Phi) is 4.96. The van der Waals surface area contributed by atoms with Crippen LogP contribution in [-0.2, 0) is 27.4 Å². The zero-order valence-corrected chi connectivity index (χ0v) is 14.2. The van der Waals surface area contributed by atoms with Crippen LogP contribution in [0.2, 0.25) is 0 Å². The van der Waals surface area contributed by atoms with E-state index in [1.807, 2.05) is 25.7 Å². The third-order valence-electron chi connectivity index (χ3n) is 4.58. The average molecular weight is 322 g/mol. The molecule has 2 atom stereocenters. The minimum atomic E-state index is -0.422. The molecule has 128 valence electrons. The number of hydrogen-bond donors (Lipinski definition) is 0. The van der Waals surface area contributed by atoms with Crippen LogP contribution >= 0.6 is 0 Å². The van der Waals surface area contributed by atoms with Gasteiger partial charge >= 0.3 is 0 Å². The quantitative estimate of drug-likeness (QED) is 0.813. The second-order valence-electron chi connectivity index (χ2n) is 6.71. The van der Waals surface area contributed by atoms with Crippen LogP contribution in [-0.4, -0.2) is 57.5 Å². The van der Waals surface area contributed by atoms with Crippen LogP contribution < -0.4 is 0 Å². The molecule has 1 aromatic rings. The summed E-state index contributed by atoms with van der Waals surface area (Å²) in [5.41, 5.74) is 0. The van der Waals surface area contributed by atoms with Gasteiger partial charge in [0.2, 0.25) is 0 Å². The van der Waals surface area contributed by atoms with E-state index in [4.69, 9.17) is 9.47 Å². The summed E-state index contributed by atoms with van der Waals surface area (Å²) in [5, 5.41) is 8.25. The molecule has 2 aliphatic heterocycles. The SMILES string of the molecule is Cc1nnc2n1CCN(C(=O)[C@@H](OC[C@@H]1CCCO1)C(C)C)C2. The summed E-state index contributed by atoms with van der Waals surface area (Å²) in [6, 6.07) is 0. The molecular formula is C16H26N4O3. The molecule has 0 aromatic carbocycles. The number of aryl methyl sites for hydroxylation is 1. The highest BCUT2D eigenvalue weighted by Gasteiger charge is 2.32. The Labute approximate surface area is 137 Å². The summed E-state index contributed by atoms with van der Waals surface area (Å²) in [5.74, 6) is 1.93. The molecule has 7 nitrogen and oxygen atoms in total. The van der Waals surface area contributed by atoms with Gasteiger partial charge in [-0.3, -0.25) is 4.79 Å². The minimum Gasteiger partial charge on any atom is -0.376 e. The Morgan fingerprint density at radius 2 is 2.22 bits per heavy atom. The summed E-state index contributed by atoms with van der Waals surface area (Å²) < 4.78 is 13.6. The summed E-state index contributed by atoms with van der Waals surface area (Å²) in [7, 11) is 0. The molecule has 2 aliphatic rings.